The van der Waals surface area contributed by atoms with Gasteiger partial charge in [0, 0.05) is 31.4 Å². The van der Waals surface area contributed by atoms with E-state index in [1.54, 1.807) is 9.47 Å². The standard InChI is InChI=1S/C19H20F2N4O3/c20-13-5-4-12(11-14(13)21)22-18(26)16-15-3-1-2-6-25(15)17(23-16)19(27)24-7-9-28-10-8-24/h4-5,11H,1-3,6-10H2,(H,22,26). The first-order valence-corrected chi connectivity index (χ1v) is 9.27. The number of rotatable bonds is 3. The van der Waals surface area contributed by atoms with Gasteiger partial charge in [-0.2, -0.15) is 0 Å². The number of imidazole rings is 1. The van der Waals surface area contributed by atoms with Crippen molar-refractivity contribution >= 4 is 17.5 Å². The smallest absolute Gasteiger partial charge is 0.290 e. The minimum atomic E-state index is -1.05. The monoisotopic (exact) mass is 390 g/mol. The SMILES string of the molecule is O=C(Nc1ccc(F)c(F)c1)c1nc(C(=O)N2CCOCC2)n2c1CCCC2. The van der Waals surface area contributed by atoms with Crippen LogP contribution < -0.4 is 5.32 Å². The Kier molecular flexibility index (Phi) is 5.08. The number of hydrogen-bond acceptors (Lipinski definition) is 4. The quantitative estimate of drug-likeness (QED) is 0.872. The Morgan fingerprint density at radius 3 is 2.61 bits per heavy atom. The normalized spacial score (nSPS) is 16.6. The van der Waals surface area contributed by atoms with E-state index in [4.69, 9.17) is 4.74 Å². The molecule has 2 aliphatic rings. The number of morpholine rings is 1. The zero-order chi connectivity index (χ0) is 19.7. The fourth-order valence-corrected chi connectivity index (χ4v) is 3.56. The molecule has 148 valence electrons. The predicted octanol–water partition coefficient (Wildman–Crippen LogP) is 2.22. The Bertz CT molecular complexity index is 922. The molecule has 0 spiro atoms. The highest BCUT2D eigenvalue weighted by Gasteiger charge is 2.30. The van der Waals surface area contributed by atoms with E-state index in [-0.39, 0.29) is 23.1 Å². The van der Waals surface area contributed by atoms with Crippen LogP contribution >= 0.6 is 0 Å². The number of aromatic nitrogens is 2. The molecule has 0 radical (unpaired) electrons. The summed E-state index contributed by atoms with van der Waals surface area (Å²) >= 11 is 0. The Morgan fingerprint density at radius 1 is 1.07 bits per heavy atom. The van der Waals surface area contributed by atoms with Gasteiger partial charge in [0.05, 0.1) is 18.9 Å². The summed E-state index contributed by atoms with van der Waals surface area (Å²) in [5.74, 6) is -2.56. The lowest BCUT2D eigenvalue weighted by atomic mass is 10.1. The molecule has 9 heteroatoms. The van der Waals surface area contributed by atoms with E-state index in [0.29, 0.717) is 45.0 Å². The summed E-state index contributed by atoms with van der Waals surface area (Å²) in [7, 11) is 0. The Balaban J connectivity index is 1.63. The lowest BCUT2D eigenvalue weighted by Crippen LogP contribution is -2.42. The fourth-order valence-electron chi connectivity index (χ4n) is 3.56. The van der Waals surface area contributed by atoms with Crippen molar-refractivity contribution in [1.82, 2.24) is 14.5 Å². The molecule has 2 aromatic rings. The van der Waals surface area contributed by atoms with E-state index in [9.17, 15) is 18.4 Å². The number of carbonyl (C=O) groups is 2. The largest absolute Gasteiger partial charge is 0.378 e. The van der Waals surface area contributed by atoms with Crippen LogP contribution in [0.15, 0.2) is 18.2 Å². The number of ether oxygens (including phenoxy) is 1. The van der Waals surface area contributed by atoms with Gasteiger partial charge >= 0.3 is 0 Å². The Hall–Kier alpha value is -2.81. The molecule has 3 heterocycles. The van der Waals surface area contributed by atoms with Crippen molar-refractivity contribution in [3.8, 4) is 0 Å². The first-order chi connectivity index (χ1) is 13.5. The number of halogens is 2. The van der Waals surface area contributed by atoms with Crippen molar-refractivity contribution in [2.75, 3.05) is 31.6 Å². The molecule has 2 aliphatic heterocycles. The number of anilines is 1. The van der Waals surface area contributed by atoms with Crippen LogP contribution in [0.4, 0.5) is 14.5 Å². The maximum Gasteiger partial charge on any atom is 0.290 e. The summed E-state index contributed by atoms with van der Waals surface area (Å²) in [6.07, 6.45) is 2.42. The lowest BCUT2D eigenvalue weighted by molar-refractivity contribution is 0.0291. The summed E-state index contributed by atoms with van der Waals surface area (Å²) in [6, 6.07) is 3.13. The van der Waals surface area contributed by atoms with Gasteiger partial charge in [0.25, 0.3) is 11.8 Å². The van der Waals surface area contributed by atoms with E-state index < -0.39 is 17.5 Å². The molecule has 0 aliphatic carbocycles. The molecule has 0 atom stereocenters. The molecule has 28 heavy (non-hydrogen) atoms. The summed E-state index contributed by atoms with van der Waals surface area (Å²) in [5.41, 5.74) is 0.978. The first-order valence-electron chi connectivity index (χ1n) is 9.27. The molecular formula is C19H20F2N4O3. The maximum absolute atomic E-state index is 13.4. The molecule has 4 rings (SSSR count). The van der Waals surface area contributed by atoms with Crippen molar-refractivity contribution in [2.45, 2.75) is 25.8 Å². The van der Waals surface area contributed by atoms with Crippen molar-refractivity contribution in [3.63, 3.8) is 0 Å². The van der Waals surface area contributed by atoms with Gasteiger partial charge in [-0.05, 0) is 31.4 Å². The van der Waals surface area contributed by atoms with Crippen molar-refractivity contribution in [2.24, 2.45) is 0 Å². The molecular weight excluding hydrogens is 370 g/mol. The highest BCUT2D eigenvalue weighted by atomic mass is 19.2. The van der Waals surface area contributed by atoms with Crippen molar-refractivity contribution in [3.05, 3.63) is 47.0 Å². The van der Waals surface area contributed by atoms with Crippen molar-refractivity contribution in [1.29, 1.82) is 0 Å². The van der Waals surface area contributed by atoms with Crippen LogP contribution in [0.1, 0.15) is 39.6 Å². The number of hydrogen-bond donors (Lipinski definition) is 1. The van der Waals surface area contributed by atoms with Gasteiger partial charge in [-0.3, -0.25) is 9.59 Å². The van der Waals surface area contributed by atoms with Crippen LogP contribution in [0.25, 0.3) is 0 Å². The highest BCUT2D eigenvalue weighted by Crippen LogP contribution is 2.23. The van der Waals surface area contributed by atoms with Gasteiger partial charge in [-0.15, -0.1) is 0 Å². The molecule has 7 nitrogen and oxygen atoms in total. The van der Waals surface area contributed by atoms with Crippen LogP contribution in [0, 0.1) is 11.6 Å². The summed E-state index contributed by atoms with van der Waals surface area (Å²) < 4.78 is 33.6. The molecule has 0 saturated carbocycles. The van der Waals surface area contributed by atoms with Gasteiger partial charge in [0.1, 0.15) is 0 Å². The van der Waals surface area contributed by atoms with E-state index in [2.05, 4.69) is 10.3 Å². The van der Waals surface area contributed by atoms with Crippen LogP contribution in [-0.4, -0.2) is 52.6 Å². The topological polar surface area (TPSA) is 76.5 Å². The lowest BCUT2D eigenvalue weighted by Gasteiger charge is -2.27. The minimum absolute atomic E-state index is 0.127. The van der Waals surface area contributed by atoms with Gasteiger partial charge in [0.2, 0.25) is 0 Å². The number of fused-ring (bicyclic) bond motifs is 1. The van der Waals surface area contributed by atoms with E-state index >= 15 is 0 Å². The minimum Gasteiger partial charge on any atom is -0.378 e. The van der Waals surface area contributed by atoms with E-state index in [1.807, 2.05) is 0 Å². The molecule has 1 fully saturated rings. The molecule has 0 bridgehead atoms. The molecule has 1 aromatic carbocycles. The number of benzene rings is 1. The first kappa shape index (κ1) is 18.5. The number of amides is 2. The summed E-state index contributed by atoms with van der Waals surface area (Å²) in [5, 5.41) is 2.54. The second kappa shape index (κ2) is 7.67. The molecule has 2 amide bonds. The van der Waals surface area contributed by atoms with Gasteiger partial charge in [0.15, 0.2) is 23.2 Å². The number of carbonyl (C=O) groups excluding carboxylic acids is 2. The average Bonchev–Trinajstić information content (AvgIpc) is 3.11. The number of nitrogens with zero attached hydrogens (tertiary/aromatic N) is 3. The second-order valence-corrected chi connectivity index (χ2v) is 6.83. The zero-order valence-electron chi connectivity index (χ0n) is 15.2. The van der Waals surface area contributed by atoms with E-state index in [1.165, 1.54) is 6.07 Å². The molecule has 1 saturated heterocycles. The van der Waals surface area contributed by atoms with Crippen LogP contribution in [0.2, 0.25) is 0 Å². The van der Waals surface area contributed by atoms with Gasteiger partial charge in [-0.1, -0.05) is 0 Å². The van der Waals surface area contributed by atoms with Gasteiger partial charge in [-0.25, -0.2) is 13.8 Å². The van der Waals surface area contributed by atoms with Crippen molar-refractivity contribution < 1.29 is 23.1 Å². The third-order valence-electron chi connectivity index (χ3n) is 5.00. The average molecular weight is 390 g/mol. The predicted molar refractivity (Wildman–Crippen MR) is 96.2 cm³/mol. The van der Waals surface area contributed by atoms with E-state index in [0.717, 1.165) is 25.0 Å². The third kappa shape index (κ3) is 3.49. The van der Waals surface area contributed by atoms with Crippen LogP contribution in [-0.2, 0) is 17.7 Å². The Morgan fingerprint density at radius 2 is 1.86 bits per heavy atom. The molecule has 0 unspecified atom stereocenters. The summed E-state index contributed by atoms with van der Waals surface area (Å²) in [6.45, 7) is 2.53. The summed E-state index contributed by atoms with van der Waals surface area (Å²) in [4.78, 5) is 31.7. The maximum atomic E-state index is 13.4. The highest BCUT2D eigenvalue weighted by molar-refractivity contribution is 6.05. The van der Waals surface area contributed by atoms with Crippen LogP contribution in [0.3, 0.4) is 0 Å². The number of nitrogens with one attached hydrogen (secondary N) is 1. The second-order valence-electron chi connectivity index (χ2n) is 6.83. The van der Waals surface area contributed by atoms with Gasteiger partial charge < -0.3 is 19.5 Å². The third-order valence-corrected chi connectivity index (χ3v) is 5.00. The molecule has 1 aromatic heterocycles. The Labute approximate surface area is 160 Å². The zero-order valence-corrected chi connectivity index (χ0v) is 15.2. The van der Waals surface area contributed by atoms with Crippen LogP contribution in [0.5, 0.6) is 0 Å². The molecule has 1 N–H and O–H groups in total. The fraction of sp³-hybridized carbons (Fsp3) is 0.421.